The Morgan fingerprint density at radius 3 is 2.33 bits per heavy atom. The first kappa shape index (κ1) is 12.8. The van der Waals surface area contributed by atoms with Crippen LogP contribution in [0.4, 0.5) is 0 Å². The van der Waals surface area contributed by atoms with Gasteiger partial charge in [-0.2, -0.15) is 0 Å². The van der Waals surface area contributed by atoms with E-state index in [-0.39, 0.29) is 0 Å². The molecule has 0 amide bonds. The van der Waals surface area contributed by atoms with Crippen molar-refractivity contribution in [3.63, 3.8) is 0 Å². The molecule has 0 aliphatic heterocycles. The highest BCUT2D eigenvalue weighted by Gasteiger charge is 2.14. The molecule has 1 nitrogen and oxygen atoms in total. The zero-order chi connectivity index (χ0) is 12.8. The molecule has 2 atom stereocenters. The third-order valence-corrected chi connectivity index (χ3v) is 3.66. The summed E-state index contributed by atoms with van der Waals surface area (Å²) in [5, 5.41) is 0. The summed E-state index contributed by atoms with van der Waals surface area (Å²) in [6.07, 6.45) is 6.20. The average molecular weight is 239 g/mol. The van der Waals surface area contributed by atoms with E-state index >= 15 is 0 Å². The monoisotopic (exact) mass is 239 g/mol. The lowest BCUT2D eigenvalue weighted by molar-refractivity contribution is 0.543. The van der Waals surface area contributed by atoms with Crippen molar-refractivity contribution >= 4 is 0 Å². The topological polar surface area (TPSA) is 12.9 Å². The van der Waals surface area contributed by atoms with Crippen LogP contribution in [0.5, 0.6) is 0 Å². The van der Waals surface area contributed by atoms with Gasteiger partial charge < -0.3 is 0 Å². The van der Waals surface area contributed by atoms with Crippen LogP contribution in [-0.4, -0.2) is 4.98 Å². The Hall–Kier alpha value is -1.63. The molecule has 1 aromatic heterocycles. The summed E-state index contributed by atoms with van der Waals surface area (Å²) in [7, 11) is 0. The van der Waals surface area contributed by atoms with Crippen LogP contribution < -0.4 is 0 Å². The number of hydrogen-bond acceptors (Lipinski definition) is 1. The summed E-state index contributed by atoms with van der Waals surface area (Å²) in [6.45, 7) is 4.57. The van der Waals surface area contributed by atoms with Gasteiger partial charge in [0.25, 0.3) is 0 Å². The summed E-state index contributed by atoms with van der Waals surface area (Å²) < 4.78 is 0. The van der Waals surface area contributed by atoms with Crippen LogP contribution in [0.15, 0.2) is 54.9 Å². The van der Waals surface area contributed by atoms with Gasteiger partial charge in [0, 0.05) is 12.4 Å². The minimum Gasteiger partial charge on any atom is -0.264 e. The minimum absolute atomic E-state index is 0.559. The van der Waals surface area contributed by atoms with Crippen LogP contribution in [0.3, 0.4) is 0 Å². The highest BCUT2D eigenvalue weighted by Crippen LogP contribution is 2.31. The number of aromatic nitrogens is 1. The molecule has 1 heteroatoms. The summed E-state index contributed by atoms with van der Waals surface area (Å²) in [6, 6.07) is 15.0. The third-order valence-electron chi connectivity index (χ3n) is 3.66. The molecule has 0 saturated carbocycles. The fraction of sp³-hybridized carbons (Fsp3) is 0.353. The van der Waals surface area contributed by atoms with Crippen LogP contribution in [-0.2, 0) is 0 Å². The van der Waals surface area contributed by atoms with Crippen molar-refractivity contribution < 1.29 is 0 Å². The number of rotatable bonds is 5. The smallest absolute Gasteiger partial charge is 0.0302 e. The zero-order valence-corrected chi connectivity index (χ0v) is 11.2. The molecule has 94 valence electrons. The number of pyridine rings is 1. The molecule has 0 bridgehead atoms. The number of benzene rings is 1. The first-order chi connectivity index (χ1) is 8.81. The summed E-state index contributed by atoms with van der Waals surface area (Å²) in [4.78, 5) is 4.21. The highest BCUT2D eigenvalue weighted by atomic mass is 14.6. The lowest BCUT2D eigenvalue weighted by Crippen LogP contribution is -2.03. The Kier molecular flexibility index (Phi) is 4.52. The lowest BCUT2D eigenvalue weighted by atomic mass is 9.85. The molecule has 0 aliphatic carbocycles. The van der Waals surface area contributed by atoms with Gasteiger partial charge in [0.1, 0.15) is 0 Å². The molecule has 0 radical (unpaired) electrons. The van der Waals surface area contributed by atoms with Crippen molar-refractivity contribution in [3.8, 4) is 0 Å². The SMILES string of the molecule is CCC(CC(C)c1cccnc1)c1ccccc1. The summed E-state index contributed by atoms with van der Waals surface area (Å²) >= 11 is 0. The first-order valence-electron chi connectivity index (χ1n) is 6.76. The third kappa shape index (κ3) is 3.19. The van der Waals surface area contributed by atoms with Crippen molar-refractivity contribution in [1.82, 2.24) is 4.98 Å². The fourth-order valence-corrected chi connectivity index (χ4v) is 2.49. The van der Waals surface area contributed by atoms with Gasteiger partial charge in [0.05, 0.1) is 0 Å². The normalized spacial score (nSPS) is 14.1. The van der Waals surface area contributed by atoms with Gasteiger partial charge in [-0.15, -0.1) is 0 Å². The standard InChI is InChI=1S/C17H21N/c1-3-15(16-8-5-4-6-9-16)12-14(2)17-10-7-11-18-13-17/h4-11,13-15H,3,12H2,1-2H3. The van der Waals surface area contributed by atoms with E-state index in [0.717, 1.165) is 0 Å². The molecule has 2 unspecified atom stereocenters. The Labute approximate surface area is 110 Å². The molecule has 0 fully saturated rings. The van der Waals surface area contributed by atoms with Gasteiger partial charge in [-0.25, -0.2) is 0 Å². The maximum Gasteiger partial charge on any atom is 0.0302 e. The lowest BCUT2D eigenvalue weighted by Gasteiger charge is -2.20. The highest BCUT2D eigenvalue weighted by molar-refractivity contribution is 5.21. The number of hydrogen-bond donors (Lipinski definition) is 0. The van der Waals surface area contributed by atoms with Gasteiger partial charge in [0.2, 0.25) is 0 Å². The maximum absolute atomic E-state index is 4.21. The van der Waals surface area contributed by atoms with Crippen LogP contribution in [0, 0.1) is 0 Å². The predicted molar refractivity (Wildman–Crippen MR) is 76.7 cm³/mol. The van der Waals surface area contributed by atoms with Crippen LogP contribution in [0.25, 0.3) is 0 Å². The zero-order valence-electron chi connectivity index (χ0n) is 11.2. The molecule has 1 heterocycles. The van der Waals surface area contributed by atoms with Crippen LogP contribution in [0.1, 0.15) is 49.7 Å². The molecule has 2 aromatic rings. The predicted octanol–water partition coefficient (Wildman–Crippen LogP) is 4.77. The largest absolute Gasteiger partial charge is 0.264 e. The van der Waals surface area contributed by atoms with Crippen LogP contribution >= 0.6 is 0 Å². The molecule has 0 saturated heterocycles. The van der Waals surface area contributed by atoms with Crippen molar-refractivity contribution in [2.45, 2.75) is 38.5 Å². The van der Waals surface area contributed by atoms with Crippen molar-refractivity contribution in [2.24, 2.45) is 0 Å². The van der Waals surface area contributed by atoms with Gasteiger partial charge in [-0.05, 0) is 41.9 Å². The Bertz CT molecular complexity index is 450. The summed E-state index contributed by atoms with van der Waals surface area (Å²) in [5.74, 6) is 1.20. The van der Waals surface area contributed by atoms with E-state index in [1.165, 1.54) is 24.0 Å². The fourth-order valence-electron chi connectivity index (χ4n) is 2.49. The van der Waals surface area contributed by atoms with Gasteiger partial charge in [-0.1, -0.05) is 50.2 Å². The molecule has 0 spiro atoms. The van der Waals surface area contributed by atoms with E-state index in [1.54, 1.807) is 0 Å². The molecular formula is C17H21N. The van der Waals surface area contributed by atoms with E-state index in [1.807, 2.05) is 18.5 Å². The Morgan fingerprint density at radius 1 is 1.00 bits per heavy atom. The molecule has 0 N–H and O–H groups in total. The van der Waals surface area contributed by atoms with Crippen LogP contribution in [0.2, 0.25) is 0 Å². The molecule has 0 aliphatic rings. The summed E-state index contributed by atoms with van der Waals surface area (Å²) in [5.41, 5.74) is 2.79. The van der Waals surface area contributed by atoms with Gasteiger partial charge in [-0.3, -0.25) is 4.98 Å². The van der Waals surface area contributed by atoms with E-state index in [0.29, 0.717) is 11.8 Å². The molecule has 18 heavy (non-hydrogen) atoms. The second-order valence-electron chi connectivity index (χ2n) is 4.94. The Balaban J connectivity index is 2.07. The quantitative estimate of drug-likeness (QED) is 0.732. The number of nitrogens with zero attached hydrogens (tertiary/aromatic N) is 1. The molecule has 1 aromatic carbocycles. The first-order valence-corrected chi connectivity index (χ1v) is 6.76. The molecule has 2 rings (SSSR count). The second-order valence-corrected chi connectivity index (χ2v) is 4.94. The van der Waals surface area contributed by atoms with E-state index in [9.17, 15) is 0 Å². The van der Waals surface area contributed by atoms with Gasteiger partial charge in [0.15, 0.2) is 0 Å². The van der Waals surface area contributed by atoms with Gasteiger partial charge >= 0.3 is 0 Å². The van der Waals surface area contributed by atoms with Crippen molar-refractivity contribution in [2.75, 3.05) is 0 Å². The Morgan fingerprint density at radius 2 is 1.72 bits per heavy atom. The van der Waals surface area contributed by atoms with E-state index < -0.39 is 0 Å². The average Bonchev–Trinajstić information content (AvgIpc) is 2.46. The van der Waals surface area contributed by atoms with Crippen molar-refractivity contribution in [3.05, 3.63) is 66.0 Å². The van der Waals surface area contributed by atoms with Crippen molar-refractivity contribution in [1.29, 1.82) is 0 Å². The maximum atomic E-state index is 4.21. The minimum atomic E-state index is 0.559. The van der Waals surface area contributed by atoms with E-state index in [2.05, 4.69) is 55.2 Å². The molecular weight excluding hydrogens is 218 g/mol. The second kappa shape index (κ2) is 6.34. The van der Waals surface area contributed by atoms with E-state index in [4.69, 9.17) is 0 Å².